The first-order chi connectivity index (χ1) is 11.1. The maximum absolute atomic E-state index is 12.2. The van der Waals surface area contributed by atoms with Gasteiger partial charge in [-0.05, 0) is 37.6 Å². The lowest BCUT2D eigenvalue weighted by molar-refractivity contribution is 0.101. The second kappa shape index (κ2) is 6.16. The fraction of sp³-hybridized carbons (Fsp3) is 0.211. The van der Waals surface area contributed by atoms with Gasteiger partial charge in [0.25, 0.3) is 0 Å². The van der Waals surface area contributed by atoms with Gasteiger partial charge in [-0.25, -0.2) is 0 Å². The Morgan fingerprint density at radius 3 is 2.65 bits per heavy atom. The minimum atomic E-state index is -0.0729. The normalized spacial score (nSPS) is 12.7. The highest BCUT2D eigenvalue weighted by atomic mass is 16.5. The molecule has 0 saturated heterocycles. The largest absolute Gasteiger partial charge is 0.496 e. The average molecular weight is 310 g/mol. The Balaban J connectivity index is 1.78. The minimum Gasteiger partial charge on any atom is -0.496 e. The van der Waals surface area contributed by atoms with E-state index in [1.807, 2.05) is 38.1 Å². The number of carbonyl (C=O) groups excluding carboxylic acids is 1. The fourth-order valence-electron chi connectivity index (χ4n) is 2.46. The first-order valence-electron chi connectivity index (χ1n) is 7.39. The first-order valence-corrected chi connectivity index (χ1v) is 7.39. The number of rotatable bonds is 4. The lowest BCUT2D eigenvalue weighted by Gasteiger charge is -2.10. The van der Waals surface area contributed by atoms with Crippen molar-refractivity contribution in [2.75, 3.05) is 7.11 Å². The van der Waals surface area contributed by atoms with E-state index >= 15 is 0 Å². The molecule has 0 atom stereocenters. The van der Waals surface area contributed by atoms with Gasteiger partial charge in [0, 0.05) is 11.6 Å². The fourth-order valence-corrected chi connectivity index (χ4v) is 2.46. The van der Waals surface area contributed by atoms with E-state index in [1.165, 1.54) is 0 Å². The third kappa shape index (κ3) is 2.93. The summed E-state index contributed by atoms with van der Waals surface area (Å²) in [5.41, 5.74) is 2.39. The van der Waals surface area contributed by atoms with E-state index in [0.717, 1.165) is 16.9 Å². The van der Waals surface area contributed by atoms with Crippen LogP contribution in [0.3, 0.4) is 0 Å². The Kier molecular flexibility index (Phi) is 4.06. The van der Waals surface area contributed by atoms with Gasteiger partial charge in [-0.1, -0.05) is 18.2 Å². The van der Waals surface area contributed by atoms with Crippen LogP contribution in [0.25, 0.3) is 0 Å². The second-order valence-corrected chi connectivity index (χ2v) is 5.52. The van der Waals surface area contributed by atoms with Crippen LogP contribution in [0, 0.1) is 0 Å². The average Bonchev–Trinajstić information content (AvgIpc) is 2.90. The van der Waals surface area contributed by atoms with E-state index in [9.17, 15) is 4.79 Å². The van der Waals surface area contributed by atoms with Crippen molar-refractivity contribution in [1.82, 2.24) is 0 Å². The zero-order chi connectivity index (χ0) is 16.4. The summed E-state index contributed by atoms with van der Waals surface area (Å²) < 4.78 is 16.8. The third-order valence-electron chi connectivity index (χ3n) is 3.66. The maximum atomic E-state index is 12.2. The lowest BCUT2D eigenvalue weighted by Crippen LogP contribution is -2.00. The van der Waals surface area contributed by atoms with Crippen molar-refractivity contribution >= 4 is 5.78 Å². The van der Waals surface area contributed by atoms with Crippen molar-refractivity contribution in [1.29, 1.82) is 0 Å². The molecular weight excluding hydrogens is 292 g/mol. The number of ether oxygens (including phenoxy) is 3. The van der Waals surface area contributed by atoms with Crippen molar-refractivity contribution < 1.29 is 19.0 Å². The summed E-state index contributed by atoms with van der Waals surface area (Å²) in [6, 6.07) is 13.0. The summed E-state index contributed by atoms with van der Waals surface area (Å²) >= 11 is 0. The van der Waals surface area contributed by atoms with Gasteiger partial charge in [0.2, 0.25) is 5.78 Å². The molecule has 4 heteroatoms. The SMILES string of the molecule is COc1ccccc1COc1ccc2c(c1)OC(=C(C)C)C2=O. The van der Waals surface area contributed by atoms with Crippen LogP contribution < -0.4 is 14.2 Å². The maximum Gasteiger partial charge on any atom is 0.231 e. The molecule has 4 nitrogen and oxygen atoms in total. The molecule has 1 aliphatic heterocycles. The number of para-hydroxylation sites is 1. The summed E-state index contributed by atoms with van der Waals surface area (Å²) in [6.45, 7) is 4.10. The molecule has 2 aromatic rings. The van der Waals surface area contributed by atoms with E-state index < -0.39 is 0 Å². The van der Waals surface area contributed by atoms with Crippen molar-refractivity contribution in [3.63, 3.8) is 0 Å². The number of benzene rings is 2. The van der Waals surface area contributed by atoms with E-state index in [1.54, 1.807) is 25.3 Å². The number of allylic oxidation sites excluding steroid dienone is 2. The quantitative estimate of drug-likeness (QED) is 0.796. The van der Waals surface area contributed by atoms with Crippen LogP contribution in [0.15, 0.2) is 53.8 Å². The van der Waals surface area contributed by atoms with E-state index in [0.29, 0.717) is 29.4 Å². The van der Waals surface area contributed by atoms with Gasteiger partial charge < -0.3 is 14.2 Å². The van der Waals surface area contributed by atoms with Gasteiger partial charge in [0.05, 0.1) is 12.7 Å². The molecule has 0 fully saturated rings. The summed E-state index contributed by atoms with van der Waals surface area (Å²) in [7, 11) is 1.63. The zero-order valence-corrected chi connectivity index (χ0v) is 13.4. The number of Topliss-reactive ketones (excluding diaryl/α,β-unsaturated/α-hetero) is 1. The number of methoxy groups -OCH3 is 1. The smallest absolute Gasteiger partial charge is 0.231 e. The van der Waals surface area contributed by atoms with Gasteiger partial charge in [0.1, 0.15) is 23.9 Å². The predicted molar refractivity (Wildman–Crippen MR) is 87.1 cm³/mol. The van der Waals surface area contributed by atoms with Crippen LogP contribution in [0.4, 0.5) is 0 Å². The molecule has 2 aromatic carbocycles. The van der Waals surface area contributed by atoms with Crippen LogP contribution in [0.5, 0.6) is 17.2 Å². The number of fused-ring (bicyclic) bond motifs is 1. The number of ketones is 1. The van der Waals surface area contributed by atoms with Crippen molar-refractivity contribution in [3.05, 3.63) is 64.9 Å². The number of carbonyl (C=O) groups is 1. The van der Waals surface area contributed by atoms with Crippen LogP contribution in [0.2, 0.25) is 0 Å². The molecule has 118 valence electrons. The van der Waals surface area contributed by atoms with Crippen LogP contribution in [0.1, 0.15) is 29.8 Å². The highest BCUT2D eigenvalue weighted by molar-refractivity contribution is 6.12. The van der Waals surface area contributed by atoms with Gasteiger partial charge in [-0.2, -0.15) is 0 Å². The van der Waals surface area contributed by atoms with Crippen LogP contribution in [-0.4, -0.2) is 12.9 Å². The molecule has 0 N–H and O–H groups in total. The summed E-state index contributed by atoms with van der Waals surface area (Å²) in [5, 5.41) is 0. The Bertz CT molecular complexity index is 786. The highest BCUT2D eigenvalue weighted by Crippen LogP contribution is 2.35. The standard InChI is InChI=1S/C19H18O4/c1-12(2)19-18(20)15-9-8-14(10-17(15)23-19)22-11-13-6-4-5-7-16(13)21-3/h4-10H,11H2,1-3H3. The molecule has 0 aromatic heterocycles. The van der Waals surface area contributed by atoms with E-state index in [2.05, 4.69) is 0 Å². The monoisotopic (exact) mass is 310 g/mol. The Hall–Kier alpha value is -2.75. The molecule has 0 spiro atoms. The number of hydrogen-bond acceptors (Lipinski definition) is 4. The summed E-state index contributed by atoms with van der Waals surface area (Å²) in [4.78, 5) is 12.2. The van der Waals surface area contributed by atoms with Crippen molar-refractivity contribution in [2.24, 2.45) is 0 Å². The molecule has 3 rings (SSSR count). The molecule has 0 radical (unpaired) electrons. The molecule has 0 aliphatic carbocycles. The molecule has 1 heterocycles. The molecule has 1 aliphatic rings. The van der Waals surface area contributed by atoms with Crippen molar-refractivity contribution in [3.8, 4) is 17.2 Å². The van der Waals surface area contributed by atoms with Gasteiger partial charge in [0.15, 0.2) is 5.76 Å². The Labute approximate surface area is 135 Å². The summed E-state index contributed by atoms with van der Waals surface area (Å²) in [5.74, 6) is 2.31. The van der Waals surface area contributed by atoms with Crippen molar-refractivity contribution in [2.45, 2.75) is 20.5 Å². The Morgan fingerprint density at radius 2 is 1.91 bits per heavy atom. The molecule has 0 unspecified atom stereocenters. The number of hydrogen-bond donors (Lipinski definition) is 0. The Morgan fingerprint density at radius 1 is 1.13 bits per heavy atom. The topological polar surface area (TPSA) is 44.8 Å². The predicted octanol–water partition coefficient (Wildman–Crippen LogP) is 4.14. The van der Waals surface area contributed by atoms with E-state index in [4.69, 9.17) is 14.2 Å². The minimum absolute atomic E-state index is 0.0729. The van der Waals surface area contributed by atoms with Gasteiger partial charge >= 0.3 is 0 Å². The van der Waals surface area contributed by atoms with Crippen LogP contribution >= 0.6 is 0 Å². The molecule has 0 saturated carbocycles. The molecular formula is C19H18O4. The molecule has 0 bridgehead atoms. The molecule has 23 heavy (non-hydrogen) atoms. The second-order valence-electron chi connectivity index (χ2n) is 5.52. The first kappa shape index (κ1) is 15.2. The van der Waals surface area contributed by atoms with Crippen LogP contribution in [-0.2, 0) is 6.61 Å². The zero-order valence-electron chi connectivity index (χ0n) is 13.4. The van der Waals surface area contributed by atoms with Gasteiger partial charge in [-0.15, -0.1) is 0 Å². The van der Waals surface area contributed by atoms with E-state index in [-0.39, 0.29) is 5.78 Å². The third-order valence-corrected chi connectivity index (χ3v) is 3.66. The van der Waals surface area contributed by atoms with Gasteiger partial charge in [-0.3, -0.25) is 4.79 Å². The summed E-state index contributed by atoms with van der Waals surface area (Å²) in [6.07, 6.45) is 0. The lowest BCUT2D eigenvalue weighted by atomic mass is 10.1. The highest BCUT2D eigenvalue weighted by Gasteiger charge is 2.28. The molecule has 0 amide bonds.